The van der Waals surface area contributed by atoms with Crippen molar-refractivity contribution in [2.24, 2.45) is 0 Å². The molecule has 2 aliphatic rings. The second-order valence-electron chi connectivity index (χ2n) is 7.48. The highest BCUT2D eigenvalue weighted by atomic mass is 32.1. The smallest absolute Gasteiger partial charge is 0.0892 e. The molecule has 0 unspecified atom stereocenters. The Labute approximate surface area is 160 Å². The Morgan fingerprint density at radius 1 is 0.962 bits per heavy atom. The Morgan fingerprint density at radius 3 is 2.50 bits per heavy atom. The molecule has 2 saturated heterocycles. The summed E-state index contributed by atoms with van der Waals surface area (Å²) < 4.78 is 6.12. The molecule has 0 radical (unpaired) electrons. The third-order valence-corrected chi connectivity index (χ3v) is 6.38. The molecule has 0 saturated carbocycles. The van der Waals surface area contributed by atoms with Crippen molar-refractivity contribution in [2.45, 2.75) is 51.5 Å². The Hall–Kier alpha value is -1.27. The summed E-state index contributed by atoms with van der Waals surface area (Å²) in [6.45, 7) is 7.59. The van der Waals surface area contributed by atoms with Crippen molar-refractivity contribution in [1.82, 2.24) is 14.8 Å². The molecule has 140 valence electrons. The van der Waals surface area contributed by atoms with Crippen LogP contribution in [0, 0.1) is 0 Å². The fourth-order valence-corrected chi connectivity index (χ4v) is 5.06. The van der Waals surface area contributed by atoms with Crippen molar-refractivity contribution >= 4 is 11.3 Å². The SMILES string of the molecule is c1ccc(CO[C@@H]2CCCN(Cc3ccc(CN4CCCC4)s3)C2)nc1. The van der Waals surface area contributed by atoms with E-state index in [-0.39, 0.29) is 0 Å². The van der Waals surface area contributed by atoms with Crippen LogP contribution < -0.4 is 0 Å². The van der Waals surface area contributed by atoms with Gasteiger partial charge in [-0.25, -0.2) is 0 Å². The zero-order valence-corrected chi connectivity index (χ0v) is 16.3. The van der Waals surface area contributed by atoms with Gasteiger partial charge in [0.15, 0.2) is 0 Å². The number of rotatable bonds is 7. The van der Waals surface area contributed by atoms with Crippen LogP contribution in [0.4, 0.5) is 0 Å². The second kappa shape index (κ2) is 9.09. The molecule has 26 heavy (non-hydrogen) atoms. The summed E-state index contributed by atoms with van der Waals surface area (Å²) in [5, 5.41) is 0. The van der Waals surface area contributed by atoms with Crippen LogP contribution in [0.25, 0.3) is 0 Å². The average molecular weight is 372 g/mol. The first-order chi connectivity index (χ1) is 12.8. The van der Waals surface area contributed by atoms with E-state index in [1.54, 1.807) is 0 Å². The molecular weight excluding hydrogens is 342 g/mol. The summed E-state index contributed by atoms with van der Waals surface area (Å²) >= 11 is 1.99. The molecule has 0 aliphatic carbocycles. The van der Waals surface area contributed by atoms with Gasteiger partial charge in [0.25, 0.3) is 0 Å². The van der Waals surface area contributed by atoms with Crippen LogP contribution in [0.2, 0.25) is 0 Å². The van der Waals surface area contributed by atoms with Crippen LogP contribution in [0.3, 0.4) is 0 Å². The molecule has 0 spiro atoms. The summed E-state index contributed by atoms with van der Waals surface area (Å²) in [6, 6.07) is 10.7. The molecule has 0 N–H and O–H groups in total. The van der Waals surface area contributed by atoms with Crippen molar-refractivity contribution in [2.75, 3.05) is 26.2 Å². The summed E-state index contributed by atoms with van der Waals surface area (Å²) in [4.78, 5) is 12.5. The van der Waals surface area contributed by atoms with Crippen molar-refractivity contribution in [1.29, 1.82) is 0 Å². The van der Waals surface area contributed by atoms with Gasteiger partial charge in [-0.15, -0.1) is 11.3 Å². The molecule has 2 aromatic heterocycles. The van der Waals surface area contributed by atoms with Gasteiger partial charge in [-0.2, -0.15) is 0 Å². The lowest BCUT2D eigenvalue weighted by molar-refractivity contribution is -0.0130. The van der Waals surface area contributed by atoms with Gasteiger partial charge in [0.2, 0.25) is 0 Å². The van der Waals surface area contributed by atoms with Crippen LogP contribution in [0.15, 0.2) is 36.5 Å². The molecule has 4 rings (SSSR count). The molecule has 4 heterocycles. The number of ether oxygens (including phenoxy) is 1. The van der Waals surface area contributed by atoms with E-state index in [4.69, 9.17) is 4.74 Å². The largest absolute Gasteiger partial charge is 0.371 e. The van der Waals surface area contributed by atoms with Crippen LogP contribution in [-0.4, -0.2) is 47.1 Å². The summed E-state index contributed by atoms with van der Waals surface area (Å²) in [6.07, 6.45) is 7.28. The maximum atomic E-state index is 6.12. The van der Waals surface area contributed by atoms with Gasteiger partial charge in [-0.3, -0.25) is 14.8 Å². The van der Waals surface area contributed by atoms with Gasteiger partial charge in [-0.1, -0.05) is 6.07 Å². The number of piperidine rings is 1. The number of likely N-dealkylation sites (tertiary alicyclic amines) is 2. The highest BCUT2D eigenvalue weighted by Crippen LogP contribution is 2.24. The summed E-state index contributed by atoms with van der Waals surface area (Å²) in [7, 11) is 0. The Bertz CT molecular complexity index is 669. The fourth-order valence-electron chi connectivity index (χ4n) is 3.95. The first-order valence-electron chi connectivity index (χ1n) is 9.89. The summed E-state index contributed by atoms with van der Waals surface area (Å²) in [5.41, 5.74) is 1.02. The molecule has 1 atom stereocenters. The van der Waals surface area contributed by atoms with E-state index in [0.717, 1.165) is 31.7 Å². The highest BCUT2D eigenvalue weighted by Gasteiger charge is 2.21. The number of nitrogens with zero attached hydrogens (tertiary/aromatic N) is 3. The molecule has 0 bridgehead atoms. The van der Waals surface area contributed by atoms with Gasteiger partial charge in [0.1, 0.15) is 0 Å². The normalized spacial score (nSPS) is 22.1. The van der Waals surface area contributed by atoms with Gasteiger partial charge in [0.05, 0.1) is 18.4 Å². The van der Waals surface area contributed by atoms with Crippen molar-refractivity contribution in [3.05, 3.63) is 52.0 Å². The van der Waals surface area contributed by atoms with E-state index in [1.807, 2.05) is 35.7 Å². The zero-order chi connectivity index (χ0) is 17.6. The number of thiophene rings is 1. The lowest BCUT2D eigenvalue weighted by Crippen LogP contribution is -2.39. The Morgan fingerprint density at radius 2 is 1.73 bits per heavy atom. The van der Waals surface area contributed by atoms with E-state index >= 15 is 0 Å². The molecule has 5 heteroatoms. The third-order valence-electron chi connectivity index (χ3n) is 5.33. The summed E-state index contributed by atoms with van der Waals surface area (Å²) in [5.74, 6) is 0. The van der Waals surface area contributed by atoms with Crippen molar-refractivity contribution in [3.63, 3.8) is 0 Å². The topological polar surface area (TPSA) is 28.6 Å². The third kappa shape index (κ3) is 5.13. The Kier molecular flexibility index (Phi) is 6.33. The molecule has 0 amide bonds. The molecule has 0 aromatic carbocycles. The number of hydrogen-bond acceptors (Lipinski definition) is 5. The average Bonchev–Trinajstić information content (AvgIpc) is 3.34. The Balaban J connectivity index is 1.24. The minimum atomic E-state index is 0.329. The minimum absolute atomic E-state index is 0.329. The van der Waals surface area contributed by atoms with Gasteiger partial charge in [0, 0.05) is 35.6 Å². The van der Waals surface area contributed by atoms with E-state index in [9.17, 15) is 0 Å². The van der Waals surface area contributed by atoms with E-state index in [1.165, 1.54) is 48.7 Å². The molecule has 4 nitrogen and oxygen atoms in total. The van der Waals surface area contributed by atoms with E-state index in [0.29, 0.717) is 12.7 Å². The zero-order valence-electron chi connectivity index (χ0n) is 15.5. The monoisotopic (exact) mass is 371 g/mol. The molecular formula is C21H29N3OS. The van der Waals surface area contributed by atoms with Gasteiger partial charge >= 0.3 is 0 Å². The molecule has 2 aliphatic heterocycles. The minimum Gasteiger partial charge on any atom is -0.371 e. The maximum absolute atomic E-state index is 6.12. The number of hydrogen-bond donors (Lipinski definition) is 0. The first kappa shape index (κ1) is 18.1. The van der Waals surface area contributed by atoms with Crippen LogP contribution in [0.5, 0.6) is 0 Å². The lowest BCUT2D eigenvalue weighted by atomic mass is 10.1. The van der Waals surface area contributed by atoms with Gasteiger partial charge in [-0.05, 0) is 69.6 Å². The maximum Gasteiger partial charge on any atom is 0.0892 e. The second-order valence-corrected chi connectivity index (χ2v) is 8.74. The van der Waals surface area contributed by atoms with Crippen LogP contribution in [0.1, 0.15) is 41.1 Å². The van der Waals surface area contributed by atoms with Crippen LogP contribution >= 0.6 is 11.3 Å². The lowest BCUT2D eigenvalue weighted by Gasteiger charge is -2.32. The first-order valence-corrected chi connectivity index (χ1v) is 10.7. The predicted molar refractivity (Wildman–Crippen MR) is 106 cm³/mol. The predicted octanol–water partition coefficient (Wildman–Crippen LogP) is 3.92. The molecule has 2 fully saturated rings. The van der Waals surface area contributed by atoms with Crippen LogP contribution in [-0.2, 0) is 24.4 Å². The number of pyridine rings is 1. The molecule has 2 aromatic rings. The van der Waals surface area contributed by atoms with Crippen molar-refractivity contribution in [3.8, 4) is 0 Å². The highest BCUT2D eigenvalue weighted by molar-refractivity contribution is 7.11. The quantitative estimate of drug-likeness (QED) is 0.738. The van der Waals surface area contributed by atoms with Gasteiger partial charge < -0.3 is 4.74 Å². The van der Waals surface area contributed by atoms with E-state index < -0.39 is 0 Å². The standard InChI is InChI=1S/C21H29N3OS/c1-2-10-22-18(6-1)17-25-19-7-5-13-24(14-19)16-21-9-8-20(26-21)15-23-11-3-4-12-23/h1-2,6,8-10,19H,3-5,7,11-17H2/t19-/m1/s1. The fraction of sp³-hybridized carbons (Fsp3) is 0.571. The van der Waals surface area contributed by atoms with E-state index in [2.05, 4.69) is 26.9 Å². The van der Waals surface area contributed by atoms with Crippen molar-refractivity contribution < 1.29 is 4.74 Å². The number of aromatic nitrogens is 1.